The molecule has 5 nitrogen and oxygen atoms in total. The monoisotopic (exact) mass is 705 g/mol. The summed E-state index contributed by atoms with van der Waals surface area (Å²) >= 11 is 3.76. The Hall–Kier alpha value is -2.39. The van der Waals surface area contributed by atoms with E-state index in [0.717, 1.165) is 34.4 Å². The highest BCUT2D eigenvalue weighted by atomic mass is 79.9. The van der Waals surface area contributed by atoms with Crippen LogP contribution in [0.3, 0.4) is 0 Å². The van der Waals surface area contributed by atoms with Crippen LogP contribution in [0.4, 0.5) is 0 Å². The summed E-state index contributed by atoms with van der Waals surface area (Å²) in [5.41, 5.74) is 6.13. The summed E-state index contributed by atoms with van der Waals surface area (Å²) in [4.78, 5) is 0. The van der Waals surface area contributed by atoms with Gasteiger partial charge in [0.25, 0.3) is 0 Å². The van der Waals surface area contributed by atoms with Crippen LogP contribution in [0, 0.1) is 17.4 Å². The van der Waals surface area contributed by atoms with Crippen molar-refractivity contribution in [2.24, 2.45) is 5.92 Å². The molecule has 8 heteroatoms. The molecule has 240 valence electrons. The van der Waals surface area contributed by atoms with E-state index in [2.05, 4.69) is 140 Å². The number of hydrogen-bond donors (Lipinski definition) is 1. The van der Waals surface area contributed by atoms with Crippen molar-refractivity contribution in [1.82, 2.24) is 5.32 Å². The van der Waals surface area contributed by atoms with Gasteiger partial charge in [0.1, 0.15) is 0 Å². The van der Waals surface area contributed by atoms with Crippen molar-refractivity contribution in [3.05, 3.63) is 88.4 Å². The van der Waals surface area contributed by atoms with E-state index in [1.807, 2.05) is 12.1 Å². The van der Waals surface area contributed by atoms with Gasteiger partial charge in [-0.3, -0.25) is 0 Å². The van der Waals surface area contributed by atoms with Gasteiger partial charge in [-0.05, 0) is 59.4 Å². The van der Waals surface area contributed by atoms with Crippen molar-refractivity contribution in [2.45, 2.75) is 96.2 Å². The summed E-state index contributed by atoms with van der Waals surface area (Å²) in [6, 6.07) is 25.4. The molecule has 0 unspecified atom stereocenters. The van der Waals surface area contributed by atoms with Crippen molar-refractivity contribution in [1.29, 1.82) is 0 Å². The molecule has 3 aromatic carbocycles. The highest BCUT2D eigenvalue weighted by molar-refractivity contribution is 9.10. The number of rotatable bonds is 9. The number of ether oxygens (including phenoxy) is 3. The molecule has 0 aromatic heterocycles. The molecule has 5 rings (SSSR count). The summed E-state index contributed by atoms with van der Waals surface area (Å²) in [5.74, 6) is 5.50. The van der Waals surface area contributed by atoms with Crippen molar-refractivity contribution in [3.63, 3.8) is 0 Å². The largest absolute Gasteiger partial charge is 0.454 e. The van der Waals surface area contributed by atoms with Crippen LogP contribution in [0.2, 0.25) is 31.2 Å². The lowest BCUT2D eigenvalue weighted by atomic mass is 9.81. The molecular weight excluding hydrogens is 658 g/mol. The normalized spacial score (nSPS) is 21.7. The Kier molecular flexibility index (Phi) is 10.7. The van der Waals surface area contributed by atoms with Gasteiger partial charge in [-0.1, -0.05) is 110 Å². The maximum atomic E-state index is 7.16. The number of hydrogen-bond acceptors (Lipinski definition) is 5. The minimum atomic E-state index is -2.07. The van der Waals surface area contributed by atoms with E-state index in [1.54, 1.807) is 0 Å². The molecule has 0 radical (unpaired) electrons. The average Bonchev–Trinajstić information content (AvgIpc) is 3.46. The Labute approximate surface area is 280 Å². The smallest absolute Gasteiger partial charge is 0.231 e. The van der Waals surface area contributed by atoms with Crippen LogP contribution in [0.25, 0.3) is 0 Å². The fraction of sp³-hybridized carbons (Fsp3) is 0.459. The third kappa shape index (κ3) is 8.51. The summed E-state index contributed by atoms with van der Waals surface area (Å²) in [5, 5.41) is 5.37. The lowest BCUT2D eigenvalue weighted by Gasteiger charge is -2.46. The summed E-state index contributed by atoms with van der Waals surface area (Å²) < 4.78 is 26.2. The Morgan fingerprint density at radius 1 is 0.889 bits per heavy atom. The van der Waals surface area contributed by atoms with Crippen LogP contribution < -0.4 is 20.0 Å². The molecule has 2 aliphatic rings. The third-order valence-electron chi connectivity index (χ3n) is 9.59. The predicted octanol–water partition coefficient (Wildman–Crippen LogP) is 8.18. The first-order chi connectivity index (χ1) is 21.3. The topological polar surface area (TPSA) is 49.0 Å². The van der Waals surface area contributed by atoms with E-state index in [9.17, 15) is 0 Å². The molecule has 1 aliphatic heterocycles. The zero-order valence-corrected chi connectivity index (χ0v) is 31.4. The third-order valence-corrected chi connectivity index (χ3v) is 17.4. The molecule has 1 saturated carbocycles. The van der Waals surface area contributed by atoms with Gasteiger partial charge in [0, 0.05) is 23.0 Å². The Morgan fingerprint density at radius 3 is 2.20 bits per heavy atom. The second-order valence-corrected chi connectivity index (χ2v) is 24.1. The predicted molar refractivity (Wildman–Crippen MR) is 192 cm³/mol. The van der Waals surface area contributed by atoms with Crippen molar-refractivity contribution in [2.75, 3.05) is 6.79 Å². The number of fused-ring (bicyclic) bond motifs is 1. The van der Waals surface area contributed by atoms with Crippen LogP contribution in [0.15, 0.2) is 77.3 Å². The van der Waals surface area contributed by atoms with Gasteiger partial charge in [-0.25, -0.2) is 0 Å². The van der Waals surface area contributed by atoms with E-state index in [1.165, 1.54) is 10.8 Å². The molecule has 0 amide bonds. The molecule has 1 N–H and O–H groups in total. The zero-order chi connectivity index (χ0) is 32.2. The van der Waals surface area contributed by atoms with Gasteiger partial charge in [0.05, 0.1) is 18.8 Å². The van der Waals surface area contributed by atoms with Crippen LogP contribution in [-0.2, 0) is 22.3 Å². The van der Waals surface area contributed by atoms with Crippen molar-refractivity contribution < 1.29 is 18.6 Å². The standard InChI is InChI=1S/C37H48BrNO4Si2/c1-37(2,3)45(6,7)43-36-23-32(39-24-29-21-33-35(22-31(29)38)42-26-41-33)28(18-19-44(4,5)30-16-12-9-13-17-30)20-34(36)40-25-27-14-10-8-11-15-27/h8-17,21-22,28,32,34,36,39H,20,23-26H2,1-7H3/t28-,32+,34-,36+/m1/s1. The van der Waals surface area contributed by atoms with E-state index in [0.29, 0.717) is 13.2 Å². The first-order valence-electron chi connectivity index (χ1n) is 16.1. The van der Waals surface area contributed by atoms with Crippen LogP contribution >= 0.6 is 15.9 Å². The molecule has 3 aromatic rings. The Balaban J connectivity index is 1.44. The zero-order valence-electron chi connectivity index (χ0n) is 27.8. The van der Waals surface area contributed by atoms with Crippen LogP contribution in [0.1, 0.15) is 44.7 Å². The molecule has 0 saturated heterocycles. The van der Waals surface area contributed by atoms with E-state index >= 15 is 0 Å². The van der Waals surface area contributed by atoms with Gasteiger partial charge < -0.3 is 24.0 Å². The number of benzene rings is 3. The minimum Gasteiger partial charge on any atom is -0.454 e. The minimum absolute atomic E-state index is 0.0234. The second kappa shape index (κ2) is 14.2. The molecule has 1 aliphatic carbocycles. The van der Waals surface area contributed by atoms with Crippen LogP contribution in [0.5, 0.6) is 11.5 Å². The quantitative estimate of drug-likeness (QED) is 0.180. The van der Waals surface area contributed by atoms with Gasteiger partial charge >= 0.3 is 0 Å². The van der Waals surface area contributed by atoms with Gasteiger partial charge in [-0.15, -0.1) is 11.5 Å². The van der Waals surface area contributed by atoms with Gasteiger partial charge in [0.15, 0.2) is 27.9 Å². The molecule has 1 heterocycles. The molecular formula is C37H48BrNO4Si2. The van der Waals surface area contributed by atoms with Crippen molar-refractivity contribution in [3.8, 4) is 23.0 Å². The molecule has 0 spiro atoms. The Morgan fingerprint density at radius 2 is 1.53 bits per heavy atom. The fourth-order valence-electron chi connectivity index (χ4n) is 5.69. The average molecular weight is 707 g/mol. The lowest BCUT2D eigenvalue weighted by molar-refractivity contribution is -0.0746. The van der Waals surface area contributed by atoms with Gasteiger partial charge in [0.2, 0.25) is 6.79 Å². The molecule has 45 heavy (non-hydrogen) atoms. The fourth-order valence-corrected chi connectivity index (χ4v) is 9.22. The van der Waals surface area contributed by atoms with Crippen molar-refractivity contribution >= 4 is 37.5 Å². The molecule has 0 bridgehead atoms. The van der Waals surface area contributed by atoms with Gasteiger partial charge in [-0.2, -0.15) is 0 Å². The number of halogens is 1. The number of nitrogens with one attached hydrogen (secondary N) is 1. The van der Waals surface area contributed by atoms with E-state index in [-0.39, 0.29) is 36.0 Å². The summed E-state index contributed by atoms with van der Waals surface area (Å²) in [6.07, 6.45) is 1.58. The first-order valence-corrected chi connectivity index (χ1v) is 22.8. The van der Waals surface area contributed by atoms with E-state index in [4.69, 9.17) is 18.6 Å². The SMILES string of the molecule is CC(C)(C)[Si](C)(C)O[C@H]1C[C@H](NCc2cc3c(cc2Br)OCO3)[C@H](C#C[Si](C)(C)c2ccccc2)C[C@H]1OCc1ccccc1. The van der Waals surface area contributed by atoms with Crippen LogP contribution in [-0.4, -0.2) is 41.4 Å². The maximum Gasteiger partial charge on any atom is 0.231 e. The lowest BCUT2D eigenvalue weighted by Crippen LogP contribution is -2.54. The molecule has 1 fully saturated rings. The highest BCUT2D eigenvalue weighted by Crippen LogP contribution is 2.41. The molecule has 4 atom stereocenters. The summed E-state index contributed by atoms with van der Waals surface area (Å²) in [6.45, 7) is 17.8. The Bertz CT molecular complexity index is 1500. The first kappa shape index (κ1) is 34.0. The summed E-state index contributed by atoms with van der Waals surface area (Å²) in [7, 11) is -4.03. The maximum absolute atomic E-state index is 7.16. The highest BCUT2D eigenvalue weighted by Gasteiger charge is 2.45. The second-order valence-electron chi connectivity index (χ2n) is 14.4. The van der Waals surface area contributed by atoms with E-state index < -0.39 is 16.4 Å².